The number of hydrogen-bond acceptors (Lipinski definition) is 1. The Morgan fingerprint density at radius 3 is 2.70 bits per heavy atom. The van der Waals surface area contributed by atoms with Gasteiger partial charge in [-0.3, -0.25) is 0 Å². The van der Waals surface area contributed by atoms with Crippen LogP contribution in [0.5, 0.6) is 0 Å². The molecule has 1 nitrogen and oxygen atoms in total. The Hall–Kier alpha value is -1.03. The van der Waals surface area contributed by atoms with Crippen LogP contribution in [0.4, 0.5) is 0 Å². The van der Waals surface area contributed by atoms with Crippen LogP contribution in [-0.4, -0.2) is 0 Å². The average Bonchev–Trinajstić information content (AvgIpc) is 1.98. The molecule has 0 atom stereocenters. The zero-order chi connectivity index (χ0) is 7.82. The minimum absolute atomic E-state index is 0.657. The van der Waals surface area contributed by atoms with Gasteiger partial charge in [0, 0.05) is 6.42 Å². The average molecular weight is 135 g/mol. The predicted molar refractivity (Wildman–Crippen MR) is 43.4 cm³/mol. The molecule has 0 aromatic rings. The van der Waals surface area contributed by atoms with Crippen LogP contribution in [0.25, 0.3) is 0 Å². The molecule has 0 amide bonds. The molecule has 0 radical (unpaired) electrons. The fourth-order valence-corrected chi connectivity index (χ4v) is 0.658. The molecule has 0 spiro atoms. The van der Waals surface area contributed by atoms with Crippen molar-refractivity contribution in [3.05, 3.63) is 24.8 Å². The first-order valence-electron chi connectivity index (χ1n) is 3.48. The van der Waals surface area contributed by atoms with Gasteiger partial charge in [0.1, 0.15) is 0 Å². The summed E-state index contributed by atoms with van der Waals surface area (Å²) in [6.45, 7) is 7.36. The summed E-state index contributed by atoms with van der Waals surface area (Å²) < 4.78 is 0. The molecule has 1 heteroatoms. The maximum Gasteiger partial charge on any atom is 0.0621 e. The fraction of sp³-hybridized carbons (Fsp3) is 0.444. The third-order valence-electron chi connectivity index (χ3n) is 1.33. The van der Waals surface area contributed by atoms with Gasteiger partial charge in [0.05, 0.1) is 6.07 Å². The molecule has 0 aliphatic heterocycles. The third-order valence-corrected chi connectivity index (χ3v) is 1.33. The van der Waals surface area contributed by atoms with Crippen LogP contribution in [0.3, 0.4) is 0 Å². The van der Waals surface area contributed by atoms with E-state index in [-0.39, 0.29) is 0 Å². The van der Waals surface area contributed by atoms with Gasteiger partial charge in [-0.1, -0.05) is 24.8 Å². The van der Waals surface area contributed by atoms with Gasteiger partial charge in [-0.2, -0.15) is 5.26 Å². The van der Waals surface area contributed by atoms with Gasteiger partial charge in [-0.15, -0.1) is 0 Å². The summed E-state index contributed by atoms with van der Waals surface area (Å²) in [7, 11) is 0. The first-order valence-corrected chi connectivity index (χ1v) is 3.48. The molecule has 0 aliphatic carbocycles. The number of hydrogen-bond donors (Lipinski definition) is 0. The first-order chi connectivity index (χ1) is 4.81. The molecule has 10 heavy (non-hydrogen) atoms. The van der Waals surface area contributed by atoms with E-state index in [1.807, 2.05) is 0 Å². The molecular weight excluding hydrogens is 122 g/mol. The van der Waals surface area contributed by atoms with E-state index in [1.54, 1.807) is 6.08 Å². The molecule has 0 N–H and O–H groups in total. The monoisotopic (exact) mass is 135 g/mol. The number of allylic oxidation sites excluding steroid dienone is 2. The van der Waals surface area contributed by atoms with Gasteiger partial charge < -0.3 is 0 Å². The molecule has 0 bridgehead atoms. The van der Waals surface area contributed by atoms with Gasteiger partial charge >= 0.3 is 0 Å². The number of unbranched alkanes of at least 4 members (excludes halogenated alkanes) is 2. The highest BCUT2D eigenvalue weighted by atomic mass is 14.2. The molecule has 0 saturated heterocycles. The van der Waals surface area contributed by atoms with Crippen LogP contribution in [-0.2, 0) is 0 Å². The standard InChI is InChI=1S/C9H13N/c1-3-9(2)7-5-4-6-8-10/h3H,1-2,4-7H2. The summed E-state index contributed by atoms with van der Waals surface area (Å²) in [4.78, 5) is 0. The smallest absolute Gasteiger partial charge is 0.0621 e. The van der Waals surface area contributed by atoms with Gasteiger partial charge in [-0.25, -0.2) is 0 Å². The lowest BCUT2D eigenvalue weighted by Crippen LogP contribution is -1.77. The van der Waals surface area contributed by atoms with E-state index < -0.39 is 0 Å². The third kappa shape index (κ3) is 5.11. The van der Waals surface area contributed by atoms with Crippen molar-refractivity contribution in [1.82, 2.24) is 0 Å². The molecule has 0 rings (SSSR count). The van der Waals surface area contributed by atoms with E-state index in [4.69, 9.17) is 5.26 Å². The summed E-state index contributed by atoms with van der Waals surface area (Å²) in [5.74, 6) is 0. The van der Waals surface area contributed by atoms with Crippen LogP contribution in [0.1, 0.15) is 25.7 Å². The van der Waals surface area contributed by atoms with E-state index >= 15 is 0 Å². The SMILES string of the molecule is C=CC(=C)CCCCC#N. The van der Waals surface area contributed by atoms with Crippen molar-refractivity contribution in [2.24, 2.45) is 0 Å². The van der Waals surface area contributed by atoms with Crippen LogP contribution < -0.4 is 0 Å². The van der Waals surface area contributed by atoms with Crippen molar-refractivity contribution in [2.75, 3.05) is 0 Å². The second-order valence-corrected chi connectivity index (χ2v) is 2.23. The highest BCUT2D eigenvalue weighted by Crippen LogP contribution is 2.06. The van der Waals surface area contributed by atoms with Crippen LogP contribution in [0, 0.1) is 11.3 Å². The minimum atomic E-state index is 0.657. The van der Waals surface area contributed by atoms with E-state index in [0.717, 1.165) is 24.8 Å². The van der Waals surface area contributed by atoms with E-state index in [0.29, 0.717) is 6.42 Å². The summed E-state index contributed by atoms with van der Waals surface area (Å²) in [6, 6.07) is 2.10. The zero-order valence-corrected chi connectivity index (χ0v) is 6.27. The second-order valence-electron chi connectivity index (χ2n) is 2.23. The molecule has 0 fully saturated rings. The summed E-state index contributed by atoms with van der Waals surface area (Å²) in [5, 5.41) is 8.20. The largest absolute Gasteiger partial charge is 0.198 e. The molecule has 0 unspecified atom stereocenters. The summed E-state index contributed by atoms with van der Waals surface area (Å²) in [5.41, 5.74) is 1.07. The maximum absolute atomic E-state index is 8.20. The molecule has 0 aromatic carbocycles. The Labute approximate surface area is 62.7 Å². The van der Waals surface area contributed by atoms with Gasteiger partial charge in [0.15, 0.2) is 0 Å². The summed E-state index contributed by atoms with van der Waals surface area (Å²) in [6.07, 6.45) is 5.43. The lowest BCUT2D eigenvalue weighted by Gasteiger charge is -1.95. The quantitative estimate of drug-likeness (QED) is 0.420. The maximum atomic E-state index is 8.20. The molecular formula is C9H13N. The normalized spacial score (nSPS) is 8.30. The lowest BCUT2D eigenvalue weighted by molar-refractivity contribution is 0.756. The second kappa shape index (κ2) is 6.10. The fourth-order valence-electron chi connectivity index (χ4n) is 0.658. The first kappa shape index (κ1) is 8.97. The van der Waals surface area contributed by atoms with E-state index in [1.165, 1.54) is 0 Å². The number of rotatable bonds is 5. The van der Waals surface area contributed by atoms with Crippen molar-refractivity contribution >= 4 is 0 Å². The van der Waals surface area contributed by atoms with E-state index in [2.05, 4.69) is 19.2 Å². The predicted octanol–water partition coefficient (Wildman–Crippen LogP) is 2.81. The Morgan fingerprint density at radius 1 is 1.50 bits per heavy atom. The lowest BCUT2D eigenvalue weighted by atomic mass is 10.1. The Bertz CT molecular complexity index is 151. The summed E-state index contributed by atoms with van der Waals surface area (Å²) >= 11 is 0. The Morgan fingerprint density at radius 2 is 2.20 bits per heavy atom. The van der Waals surface area contributed by atoms with Gasteiger partial charge in [-0.05, 0) is 19.3 Å². The van der Waals surface area contributed by atoms with Crippen molar-refractivity contribution in [1.29, 1.82) is 5.26 Å². The molecule has 0 heterocycles. The highest BCUT2D eigenvalue weighted by Gasteiger charge is 1.88. The van der Waals surface area contributed by atoms with Gasteiger partial charge in [0.25, 0.3) is 0 Å². The minimum Gasteiger partial charge on any atom is -0.198 e. The molecule has 0 saturated carbocycles. The van der Waals surface area contributed by atoms with Gasteiger partial charge in [0.2, 0.25) is 0 Å². The van der Waals surface area contributed by atoms with Crippen molar-refractivity contribution in [3.8, 4) is 6.07 Å². The number of nitriles is 1. The van der Waals surface area contributed by atoms with Crippen molar-refractivity contribution < 1.29 is 0 Å². The molecule has 0 aliphatic rings. The zero-order valence-electron chi connectivity index (χ0n) is 6.27. The molecule has 0 aromatic heterocycles. The highest BCUT2D eigenvalue weighted by molar-refractivity contribution is 5.10. The van der Waals surface area contributed by atoms with E-state index in [9.17, 15) is 0 Å². The van der Waals surface area contributed by atoms with Crippen LogP contribution in [0.15, 0.2) is 24.8 Å². The topological polar surface area (TPSA) is 23.8 Å². The van der Waals surface area contributed by atoms with Crippen molar-refractivity contribution in [2.45, 2.75) is 25.7 Å². The Balaban J connectivity index is 3.13. The number of nitrogens with zero attached hydrogens (tertiary/aromatic N) is 1. The molecule has 54 valence electrons. The van der Waals surface area contributed by atoms with Crippen molar-refractivity contribution in [3.63, 3.8) is 0 Å². The van der Waals surface area contributed by atoms with Crippen LogP contribution in [0.2, 0.25) is 0 Å². The van der Waals surface area contributed by atoms with Crippen LogP contribution >= 0.6 is 0 Å². The Kier molecular flexibility index (Phi) is 5.47.